The van der Waals surface area contributed by atoms with Crippen LogP contribution in [-0.2, 0) is 64.7 Å². The summed E-state index contributed by atoms with van der Waals surface area (Å²) in [6, 6.07) is 84.2. The lowest BCUT2D eigenvalue weighted by atomic mass is 9.85. The van der Waals surface area contributed by atoms with Crippen LogP contribution < -0.4 is 14.7 Å². The van der Waals surface area contributed by atoms with Crippen molar-refractivity contribution in [2.75, 3.05) is 26.7 Å². The predicted octanol–water partition coefficient (Wildman–Crippen LogP) is 32.9. The third-order valence-electron chi connectivity index (χ3n) is 20.6. The number of hydrogen-bond donors (Lipinski definition) is 0. The van der Waals surface area contributed by atoms with E-state index in [4.69, 9.17) is 9.47 Å². The number of aryl methyl sites for hydroxylation is 2. The highest BCUT2D eigenvalue weighted by molar-refractivity contribution is 7.98. The smallest absolute Gasteiger partial charge is 0.416 e. The van der Waals surface area contributed by atoms with Gasteiger partial charge >= 0.3 is 6.18 Å². The molecule has 0 spiro atoms. The third-order valence-corrected chi connectivity index (χ3v) is 24.4. The van der Waals surface area contributed by atoms with Gasteiger partial charge < -0.3 is 9.47 Å². The van der Waals surface area contributed by atoms with Crippen molar-refractivity contribution in [1.82, 2.24) is 0 Å². The van der Waals surface area contributed by atoms with Gasteiger partial charge in [0.2, 0.25) is 0 Å². The highest BCUT2D eigenvalue weighted by Crippen LogP contribution is 2.38. The lowest BCUT2D eigenvalue weighted by Gasteiger charge is -2.23. The summed E-state index contributed by atoms with van der Waals surface area (Å²) in [6.07, 6.45) is -3.28. The van der Waals surface area contributed by atoms with Gasteiger partial charge in [-0.05, 0) is 189 Å². The molecule has 0 aliphatic carbocycles. The minimum absolute atomic E-state index is 0.0132. The molecule has 11 rings (SSSR count). The van der Waals surface area contributed by atoms with Gasteiger partial charge in [0.1, 0.15) is 11.5 Å². The van der Waals surface area contributed by atoms with Gasteiger partial charge in [0, 0.05) is 16.7 Å². The maximum atomic E-state index is 12.4. The average molecular weight is 1740 g/mol. The normalized spacial score (nSPS) is 12.1. The lowest BCUT2D eigenvalue weighted by molar-refractivity contribution is -0.137. The molecule has 12 heteroatoms. The topological polar surface area (TPSA) is 52.6 Å². The second kappa shape index (κ2) is 45.6. The van der Waals surface area contributed by atoms with Crippen molar-refractivity contribution in [3.8, 4) is 22.6 Å². The quantitative estimate of drug-likeness (QED) is 0.0904. The second-order valence-electron chi connectivity index (χ2n) is 42.0. The summed E-state index contributed by atoms with van der Waals surface area (Å²) in [5, 5.41) is 4.21. The van der Waals surface area contributed by atoms with Gasteiger partial charge in [0.15, 0.2) is 9.84 Å². The van der Waals surface area contributed by atoms with Crippen LogP contribution in [0.5, 0.6) is 11.5 Å². The molecule has 670 valence electrons. The van der Waals surface area contributed by atoms with E-state index < -0.39 is 36.1 Å². The third kappa shape index (κ3) is 38.0. The molecule has 0 aromatic heterocycles. The monoisotopic (exact) mass is 1740 g/mol. The zero-order chi connectivity index (χ0) is 94.1. The summed E-state index contributed by atoms with van der Waals surface area (Å²) in [5.74, 6) is 2.01. The molecule has 0 aliphatic rings. The number of benzene rings is 11. The average Bonchev–Trinajstić information content (AvgIpc) is 1.13. The molecule has 0 saturated heterocycles. The highest BCUT2D eigenvalue weighted by Gasteiger charge is 2.32. The molecule has 11 aromatic rings. The zero-order valence-corrected chi connectivity index (χ0v) is 84.3. The van der Waals surface area contributed by atoms with E-state index in [-0.39, 0.29) is 54.3 Å². The van der Waals surface area contributed by atoms with Crippen molar-refractivity contribution in [2.24, 2.45) is 0 Å². The predicted molar refractivity (Wildman–Crippen MR) is 530 cm³/mol. The Morgan fingerprint density at radius 2 is 0.740 bits per heavy atom. The summed E-state index contributed by atoms with van der Waals surface area (Å²) in [7, 11) is -0.773. The number of para-hydroxylation sites is 1. The SMILES string of the molecule is CC(C)(C)c1ccc2ccccc2c1.CC(C)(C)c1cccc(-c2ccccc2)c1.CC(C)(C)c1cccc(C(F)(F)F)c1.CC(C)(C)c1cccc(C(F)F)c1.CC(C)(C)c1cccc(S(C)(=O)=O)c1.CC(C)(C)c1cccc([Si](C)(C)C)c1.COc1c(C)cccc1C(C)(C)C.COc1ccc(C)cc1C(C)(C)C.CSc1cccc(C(C)(C)C)c1. The number of halogens is 5. The first-order chi connectivity index (χ1) is 56.1. The van der Waals surface area contributed by atoms with E-state index in [0.717, 1.165) is 28.7 Å². The Bertz CT molecular complexity index is 5030. The largest absolute Gasteiger partial charge is 0.496 e. The summed E-state index contributed by atoms with van der Waals surface area (Å²) in [6.45, 7) is 69.5. The van der Waals surface area contributed by atoms with Gasteiger partial charge in [-0.15, -0.1) is 11.8 Å². The van der Waals surface area contributed by atoms with Crippen molar-refractivity contribution < 1.29 is 39.8 Å². The fourth-order valence-corrected chi connectivity index (χ4v) is 14.7. The van der Waals surface area contributed by atoms with E-state index >= 15 is 0 Å². The molecular weight excluding hydrogens is 1580 g/mol. The molecule has 0 atom stereocenters. The van der Waals surface area contributed by atoms with E-state index in [2.05, 4.69) is 361 Å². The first-order valence-corrected chi connectivity index (χ1v) is 49.3. The minimum Gasteiger partial charge on any atom is -0.496 e. The molecule has 0 bridgehead atoms. The standard InChI is InChI=1S/C16H18.C14H16.C13H22Si.2C12H18O.C11H13F3.C11H14F2.C11H16O2S.C11H16S/c1-16(2,3)15-11-7-10-14(12-15)13-8-5-4-6-9-13;1-14(2,3)13-9-8-11-6-4-5-7-12(11)10-13;1-13(2,3)11-8-7-9-12(10-11)14(4,5)6;1-9-6-7-11(13-5)10(8-9)12(2,3)4;1-9-7-6-8-10(11(9)13-5)12(2,3)4;1-10(2,3)8-5-4-6-9(7-8)11(12,13)14;1-11(2,3)9-6-4-5-8(7-9)10(12)13;1-11(2,3)9-6-5-7-10(8-9)14(4,12)13;1-11(2,3)9-6-5-7-10(8-9)12-4/h4-12H,1-3H3;4-10H,1-3H3;7-10H,1-6H3;2*6-8H,1-5H3;4-7H,1-3H3;4-7,10H,1-3H3;5-8H,1-4H3;5-8H,1-4H3. The first kappa shape index (κ1) is 109. The lowest BCUT2D eigenvalue weighted by Crippen LogP contribution is -2.38. The molecule has 0 amide bonds. The fraction of sp³-hybridized carbons (Fsp3) is 0.423. The molecular formula is C111H151F5O4S2Si. The Balaban J connectivity index is 0.000000358. The summed E-state index contributed by atoms with van der Waals surface area (Å²) in [5.41, 5.74) is 16.5. The molecule has 0 aliphatic heterocycles. The van der Waals surface area contributed by atoms with Crippen LogP contribution in [0.15, 0.2) is 265 Å². The van der Waals surface area contributed by atoms with Crippen molar-refractivity contribution in [2.45, 2.75) is 292 Å². The van der Waals surface area contributed by atoms with Crippen LogP contribution in [0.4, 0.5) is 22.0 Å². The Hall–Kier alpha value is -8.55. The van der Waals surface area contributed by atoms with E-state index in [1.807, 2.05) is 59.7 Å². The summed E-state index contributed by atoms with van der Waals surface area (Å²) in [4.78, 5) is 1.74. The number of hydrogen-bond acceptors (Lipinski definition) is 5. The molecule has 4 nitrogen and oxygen atoms in total. The van der Waals surface area contributed by atoms with E-state index in [1.165, 1.54) is 95.8 Å². The maximum absolute atomic E-state index is 12.4. The molecule has 0 radical (unpaired) electrons. The molecule has 123 heavy (non-hydrogen) atoms. The van der Waals surface area contributed by atoms with E-state index in [9.17, 15) is 30.4 Å². The fourth-order valence-electron chi connectivity index (χ4n) is 12.4. The number of sulfone groups is 1. The van der Waals surface area contributed by atoms with Crippen LogP contribution >= 0.6 is 11.8 Å². The summed E-state index contributed by atoms with van der Waals surface area (Å²) < 4.78 is 95.1. The van der Waals surface area contributed by atoms with Crippen LogP contribution in [0.2, 0.25) is 19.6 Å². The number of ether oxygens (including phenoxy) is 2. The first-order valence-electron chi connectivity index (χ1n) is 42.7. The minimum atomic E-state index is -4.25. The Kier molecular flexibility index (Phi) is 40.2. The zero-order valence-electron chi connectivity index (χ0n) is 81.7. The molecule has 0 saturated carbocycles. The highest BCUT2D eigenvalue weighted by atomic mass is 32.2. The summed E-state index contributed by atoms with van der Waals surface area (Å²) >= 11 is 1.80. The molecule has 0 heterocycles. The number of thioether (sulfide) groups is 1. The van der Waals surface area contributed by atoms with Gasteiger partial charge in [0.25, 0.3) is 6.43 Å². The maximum Gasteiger partial charge on any atom is 0.416 e. The van der Waals surface area contributed by atoms with Gasteiger partial charge in [-0.25, -0.2) is 17.2 Å². The molecule has 0 N–H and O–H groups in total. The van der Waals surface area contributed by atoms with E-state index in [1.54, 1.807) is 67.6 Å². The Morgan fingerprint density at radius 3 is 1.19 bits per heavy atom. The van der Waals surface area contributed by atoms with Gasteiger partial charge in [-0.2, -0.15) is 13.2 Å². The van der Waals surface area contributed by atoms with Gasteiger partial charge in [0.05, 0.1) is 32.8 Å². The van der Waals surface area contributed by atoms with Gasteiger partial charge in [-0.1, -0.05) is 430 Å². The van der Waals surface area contributed by atoms with Crippen molar-refractivity contribution in [3.05, 3.63) is 327 Å². The van der Waals surface area contributed by atoms with Crippen molar-refractivity contribution in [1.29, 1.82) is 0 Å². The van der Waals surface area contributed by atoms with Crippen molar-refractivity contribution in [3.63, 3.8) is 0 Å². The number of fused-ring (bicyclic) bond motifs is 1. The van der Waals surface area contributed by atoms with Crippen LogP contribution in [0.25, 0.3) is 21.9 Å². The Labute approximate surface area is 748 Å². The molecule has 0 unspecified atom stereocenters. The number of methoxy groups -OCH3 is 2. The van der Waals surface area contributed by atoms with E-state index in [0.29, 0.717) is 10.5 Å². The van der Waals surface area contributed by atoms with Crippen LogP contribution in [0, 0.1) is 13.8 Å². The molecule has 11 aromatic carbocycles. The van der Waals surface area contributed by atoms with Crippen LogP contribution in [-0.4, -0.2) is 43.2 Å². The van der Waals surface area contributed by atoms with Gasteiger partial charge in [-0.3, -0.25) is 0 Å². The van der Waals surface area contributed by atoms with Crippen LogP contribution in [0.1, 0.15) is 266 Å². The second-order valence-corrected chi connectivity index (χ2v) is 50.0. The van der Waals surface area contributed by atoms with Crippen LogP contribution in [0.3, 0.4) is 0 Å². The number of alkyl halides is 5. The van der Waals surface area contributed by atoms with Crippen molar-refractivity contribution >= 4 is 45.6 Å². The molecule has 0 fully saturated rings. The Morgan fingerprint density at radius 1 is 0.341 bits per heavy atom. The number of rotatable bonds is 7.